The van der Waals surface area contributed by atoms with E-state index in [9.17, 15) is 9.59 Å². The summed E-state index contributed by atoms with van der Waals surface area (Å²) in [4.78, 5) is 25.9. The third kappa shape index (κ3) is 4.22. The number of rotatable bonds is 6. The summed E-state index contributed by atoms with van der Waals surface area (Å²) in [6.45, 7) is 0.000293. The minimum atomic E-state index is -0.446. The Kier molecular flexibility index (Phi) is 5.17. The maximum absolute atomic E-state index is 12.6. The molecule has 3 N–H and O–H groups in total. The van der Waals surface area contributed by atoms with Crippen LogP contribution in [-0.2, 0) is 6.54 Å². The summed E-state index contributed by atoms with van der Waals surface area (Å²) >= 11 is 1.60. The van der Waals surface area contributed by atoms with Gasteiger partial charge in [0, 0.05) is 10.4 Å². The Labute approximate surface area is 170 Å². The molecule has 29 heavy (non-hydrogen) atoms. The van der Waals surface area contributed by atoms with E-state index in [2.05, 4.69) is 15.6 Å². The molecule has 0 radical (unpaired) electrons. The molecule has 2 aromatic heterocycles. The Morgan fingerprint density at radius 2 is 1.90 bits per heavy atom. The Morgan fingerprint density at radius 3 is 2.66 bits per heavy atom. The Morgan fingerprint density at radius 1 is 1.07 bits per heavy atom. The highest BCUT2D eigenvalue weighted by atomic mass is 32.1. The van der Waals surface area contributed by atoms with E-state index in [0.717, 1.165) is 10.4 Å². The van der Waals surface area contributed by atoms with Crippen molar-refractivity contribution >= 4 is 34.4 Å². The number of benzene rings is 2. The number of nitrogen functional groups attached to an aromatic ring is 1. The van der Waals surface area contributed by atoms with Crippen LogP contribution in [0.15, 0.2) is 72.2 Å². The molecule has 0 aliphatic rings. The van der Waals surface area contributed by atoms with Crippen molar-refractivity contribution in [2.24, 2.45) is 0 Å². The lowest BCUT2D eigenvalue weighted by molar-refractivity contribution is 0.0965. The largest absolute Gasteiger partial charge is 0.397 e. The number of ketones is 1. The van der Waals surface area contributed by atoms with E-state index >= 15 is 0 Å². The van der Waals surface area contributed by atoms with E-state index in [1.54, 1.807) is 41.7 Å². The molecule has 4 aromatic rings. The number of nitrogens with zero attached hydrogens (tertiary/aromatic N) is 3. The van der Waals surface area contributed by atoms with Gasteiger partial charge >= 0.3 is 0 Å². The number of nitrogens with one attached hydrogen (secondary N) is 1. The van der Waals surface area contributed by atoms with E-state index in [1.807, 2.05) is 35.7 Å². The zero-order valence-corrected chi connectivity index (χ0v) is 16.1. The predicted octanol–water partition coefficient (Wildman–Crippen LogP) is 3.72. The van der Waals surface area contributed by atoms with Gasteiger partial charge in [0.15, 0.2) is 11.5 Å². The number of hydrogen-bond donors (Lipinski definition) is 2. The van der Waals surface area contributed by atoms with Gasteiger partial charge in [0.2, 0.25) is 0 Å². The average molecular weight is 403 g/mol. The van der Waals surface area contributed by atoms with Crippen molar-refractivity contribution in [3.63, 3.8) is 0 Å². The van der Waals surface area contributed by atoms with Crippen LogP contribution in [0.3, 0.4) is 0 Å². The third-order valence-electron chi connectivity index (χ3n) is 4.28. The van der Waals surface area contributed by atoms with E-state index in [-0.39, 0.29) is 18.0 Å². The van der Waals surface area contributed by atoms with E-state index in [0.29, 0.717) is 16.9 Å². The van der Waals surface area contributed by atoms with Gasteiger partial charge in [0.25, 0.3) is 5.91 Å². The highest BCUT2D eigenvalue weighted by Crippen LogP contribution is 2.30. The molecule has 0 spiro atoms. The standard InChI is InChI=1S/C21H17N5O2S/c22-16-9-8-15(20-7-4-10-29-20)11-17(16)23-21(28)18-12-26(25-24-18)13-19(27)14-5-2-1-3-6-14/h1-12H,13,22H2,(H,23,28). The maximum atomic E-state index is 12.6. The van der Waals surface area contributed by atoms with Crippen LogP contribution >= 0.6 is 11.3 Å². The molecule has 7 nitrogen and oxygen atoms in total. The number of amides is 1. The molecule has 0 atom stereocenters. The molecule has 4 rings (SSSR count). The van der Waals surface area contributed by atoms with Gasteiger partial charge < -0.3 is 11.1 Å². The molecule has 8 heteroatoms. The first-order chi connectivity index (χ1) is 14.1. The van der Waals surface area contributed by atoms with Crippen LogP contribution in [0.2, 0.25) is 0 Å². The topological polar surface area (TPSA) is 103 Å². The molecule has 0 fully saturated rings. The molecule has 0 saturated heterocycles. The highest BCUT2D eigenvalue weighted by Gasteiger charge is 2.15. The normalized spacial score (nSPS) is 10.6. The van der Waals surface area contributed by atoms with Crippen molar-refractivity contribution in [2.75, 3.05) is 11.1 Å². The maximum Gasteiger partial charge on any atom is 0.277 e. The zero-order valence-electron chi connectivity index (χ0n) is 15.3. The van der Waals surface area contributed by atoms with Crippen molar-refractivity contribution < 1.29 is 9.59 Å². The third-order valence-corrected chi connectivity index (χ3v) is 5.20. The van der Waals surface area contributed by atoms with Crippen LogP contribution < -0.4 is 11.1 Å². The lowest BCUT2D eigenvalue weighted by Gasteiger charge is -2.08. The second-order valence-corrected chi connectivity index (χ2v) is 7.27. The first-order valence-corrected chi connectivity index (χ1v) is 9.71. The summed E-state index contributed by atoms with van der Waals surface area (Å²) in [6.07, 6.45) is 1.44. The molecule has 0 aliphatic carbocycles. The Hall–Kier alpha value is -3.78. The van der Waals surface area contributed by atoms with Crippen LogP contribution in [0.25, 0.3) is 10.4 Å². The fourth-order valence-corrected chi connectivity index (χ4v) is 3.51. The van der Waals surface area contributed by atoms with Crippen LogP contribution in [-0.4, -0.2) is 26.7 Å². The minimum absolute atomic E-state index is 0.000293. The fraction of sp³-hybridized carbons (Fsp3) is 0.0476. The van der Waals surface area contributed by atoms with Crippen LogP contribution in [0.1, 0.15) is 20.8 Å². The molecule has 2 heterocycles. The quantitative estimate of drug-likeness (QED) is 0.377. The second kappa shape index (κ2) is 8.07. The summed E-state index contributed by atoms with van der Waals surface area (Å²) < 4.78 is 1.34. The molecular formula is C21H17N5O2S. The van der Waals surface area contributed by atoms with Gasteiger partial charge in [-0.2, -0.15) is 0 Å². The van der Waals surface area contributed by atoms with Gasteiger partial charge in [-0.05, 0) is 29.1 Å². The van der Waals surface area contributed by atoms with Gasteiger partial charge in [-0.15, -0.1) is 16.4 Å². The number of hydrogen-bond acceptors (Lipinski definition) is 6. The van der Waals surface area contributed by atoms with Crippen molar-refractivity contribution in [1.82, 2.24) is 15.0 Å². The van der Waals surface area contributed by atoms with Crippen molar-refractivity contribution in [3.05, 3.63) is 83.5 Å². The van der Waals surface area contributed by atoms with Gasteiger partial charge in [-0.25, -0.2) is 4.68 Å². The smallest absolute Gasteiger partial charge is 0.277 e. The Bertz CT molecular complexity index is 1150. The first-order valence-electron chi connectivity index (χ1n) is 8.83. The number of Topliss-reactive ketones (excluding diaryl/α,β-unsaturated/α-hetero) is 1. The molecule has 1 amide bonds. The summed E-state index contributed by atoms with van der Waals surface area (Å²) in [5.41, 5.74) is 8.59. The predicted molar refractivity (Wildman–Crippen MR) is 113 cm³/mol. The van der Waals surface area contributed by atoms with Crippen molar-refractivity contribution in [3.8, 4) is 10.4 Å². The number of thiophene rings is 1. The summed E-state index contributed by atoms with van der Waals surface area (Å²) in [7, 11) is 0. The number of nitrogens with two attached hydrogens (primary N) is 1. The molecule has 0 aliphatic heterocycles. The average Bonchev–Trinajstić information content (AvgIpc) is 3.42. The summed E-state index contributed by atoms with van der Waals surface area (Å²) in [5, 5.41) is 12.5. The van der Waals surface area contributed by atoms with E-state index < -0.39 is 5.91 Å². The summed E-state index contributed by atoms with van der Waals surface area (Å²) in [6, 6.07) is 18.3. The SMILES string of the molecule is Nc1ccc(-c2cccs2)cc1NC(=O)c1cn(CC(=O)c2ccccc2)nn1. The van der Waals surface area contributed by atoms with E-state index in [1.165, 1.54) is 10.9 Å². The number of aromatic nitrogens is 3. The Balaban J connectivity index is 1.47. The lowest BCUT2D eigenvalue weighted by Crippen LogP contribution is -2.14. The van der Waals surface area contributed by atoms with Crippen LogP contribution in [0.5, 0.6) is 0 Å². The lowest BCUT2D eigenvalue weighted by atomic mass is 10.1. The number of carbonyl (C=O) groups excluding carboxylic acids is 2. The van der Waals surface area contributed by atoms with Gasteiger partial charge in [0.05, 0.1) is 17.6 Å². The molecule has 0 unspecified atom stereocenters. The molecule has 0 bridgehead atoms. The van der Waals surface area contributed by atoms with Crippen LogP contribution in [0, 0.1) is 0 Å². The second-order valence-electron chi connectivity index (χ2n) is 6.32. The molecule has 2 aromatic carbocycles. The minimum Gasteiger partial charge on any atom is -0.397 e. The van der Waals surface area contributed by atoms with E-state index in [4.69, 9.17) is 5.73 Å². The van der Waals surface area contributed by atoms with Gasteiger partial charge in [0.1, 0.15) is 6.54 Å². The highest BCUT2D eigenvalue weighted by molar-refractivity contribution is 7.13. The zero-order chi connectivity index (χ0) is 20.2. The fourth-order valence-electron chi connectivity index (χ4n) is 2.79. The molecule has 0 saturated carbocycles. The van der Waals surface area contributed by atoms with Crippen molar-refractivity contribution in [1.29, 1.82) is 0 Å². The molecular weight excluding hydrogens is 386 g/mol. The number of carbonyl (C=O) groups is 2. The van der Waals surface area contributed by atoms with Gasteiger partial charge in [-0.3, -0.25) is 9.59 Å². The number of anilines is 2. The summed E-state index contributed by atoms with van der Waals surface area (Å²) in [5.74, 6) is -0.561. The van der Waals surface area contributed by atoms with Crippen molar-refractivity contribution in [2.45, 2.75) is 6.54 Å². The van der Waals surface area contributed by atoms with Gasteiger partial charge in [-0.1, -0.05) is 47.7 Å². The monoisotopic (exact) mass is 403 g/mol. The molecule has 144 valence electrons. The van der Waals surface area contributed by atoms with Crippen LogP contribution in [0.4, 0.5) is 11.4 Å². The first kappa shape index (κ1) is 18.6.